The summed E-state index contributed by atoms with van der Waals surface area (Å²) >= 11 is 0. The van der Waals surface area contributed by atoms with Crippen LogP contribution in [-0.4, -0.2) is 35.4 Å². The first-order valence-electron chi connectivity index (χ1n) is 6.88. The van der Waals surface area contributed by atoms with Gasteiger partial charge in [-0.15, -0.1) is 12.4 Å². The summed E-state index contributed by atoms with van der Waals surface area (Å²) in [6, 6.07) is 6.55. The van der Waals surface area contributed by atoms with E-state index in [2.05, 4.69) is 5.32 Å². The summed E-state index contributed by atoms with van der Waals surface area (Å²) < 4.78 is 0. The monoisotopic (exact) mass is 313 g/mol. The normalized spacial score (nSPS) is 14.1. The topological polar surface area (TPSA) is 75.5 Å². The molecule has 2 rings (SSSR count). The molecule has 21 heavy (non-hydrogen) atoms. The molecule has 0 saturated carbocycles. The maximum atomic E-state index is 11.4. The second kappa shape index (κ2) is 8.59. The number of halogens is 1. The molecule has 0 radical (unpaired) electrons. The third-order valence-electron chi connectivity index (χ3n) is 3.43. The van der Waals surface area contributed by atoms with Crippen LogP contribution in [0.15, 0.2) is 24.3 Å². The van der Waals surface area contributed by atoms with Crippen LogP contribution in [0.3, 0.4) is 0 Å². The van der Waals surface area contributed by atoms with Gasteiger partial charge in [0.2, 0.25) is 5.91 Å². The SMILES string of the molecule is Cl.O=C1CCCN1CCCNCc1ccc([N+](=O)[O-])cc1. The highest BCUT2D eigenvalue weighted by Gasteiger charge is 2.18. The standard InChI is InChI=1S/C14H19N3O3.ClH/c18-14-3-1-9-16(14)10-2-8-15-11-12-4-6-13(7-5-12)17(19)20;/h4-7,15H,1-3,8-11H2;1H. The van der Waals surface area contributed by atoms with E-state index in [-0.39, 0.29) is 24.0 Å². The molecular weight excluding hydrogens is 294 g/mol. The molecule has 1 amide bonds. The number of nitro benzene ring substituents is 1. The first-order valence-corrected chi connectivity index (χ1v) is 6.88. The molecule has 1 aliphatic heterocycles. The van der Waals surface area contributed by atoms with Crippen molar-refractivity contribution in [3.63, 3.8) is 0 Å². The molecular formula is C14H20ClN3O3. The van der Waals surface area contributed by atoms with Crippen LogP contribution in [0.2, 0.25) is 0 Å². The van der Waals surface area contributed by atoms with E-state index in [1.165, 1.54) is 12.1 Å². The maximum Gasteiger partial charge on any atom is 0.269 e. The van der Waals surface area contributed by atoms with Gasteiger partial charge >= 0.3 is 0 Å². The fourth-order valence-corrected chi connectivity index (χ4v) is 2.30. The molecule has 1 heterocycles. The molecule has 0 bridgehead atoms. The van der Waals surface area contributed by atoms with Crippen molar-refractivity contribution in [1.82, 2.24) is 10.2 Å². The van der Waals surface area contributed by atoms with Gasteiger partial charge in [0.1, 0.15) is 0 Å². The summed E-state index contributed by atoms with van der Waals surface area (Å²) in [4.78, 5) is 23.4. The van der Waals surface area contributed by atoms with Crippen LogP contribution in [-0.2, 0) is 11.3 Å². The highest BCUT2D eigenvalue weighted by atomic mass is 35.5. The first-order chi connectivity index (χ1) is 9.66. The number of likely N-dealkylation sites (tertiary alicyclic amines) is 1. The van der Waals surface area contributed by atoms with Crippen LogP contribution >= 0.6 is 12.4 Å². The maximum absolute atomic E-state index is 11.4. The lowest BCUT2D eigenvalue weighted by Crippen LogP contribution is -2.28. The second-order valence-electron chi connectivity index (χ2n) is 4.94. The van der Waals surface area contributed by atoms with Crippen molar-refractivity contribution in [2.45, 2.75) is 25.8 Å². The number of nitrogens with one attached hydrogen (secondary N) is 1. The van der Waals surface area contributed by atoms with Gasteiger partial charge in [-0.2, -0.15) is 0 Å². The summed E-state index contributed by atoms with van der Waals surface area (Å²) in [6.45, 7) is 3.22. The number of nitrogens with zero attached hydrogens (tertiary/aromatic N) is 2. The Morgan fingerprint density at radius 3 is 2.57 bits per heavy atom. The van der Waals surface area contributed by atoms with Crippen LogP contribution < -0.4 is 5.32 Å². The number of non-ortho nitro benzene ring substituents is 1. The number of rotatable bonds is 7. The van der Waals surface area contributed by atoms with E-state index in [1.54, 1.807) is 12.1 Å². The highest BCUT2D eigenvalue weighted by Crippen LogP contribution is 2.12. The Hall–Kier alpha value is -1.66. The lowest BCUT2D eigenvalue weighted by atomic mass is 10.2. The number of nitro groups is 1. The number of benzene rings is 1. The van der Waals surface area contributed by atoms with Crippen molar-refractivity contribution >= 4 is 24.0 Å². The Bertz CT molecular complexity index is 479. The van der Waals surface area contributed by atoms with Crippen LogP contribution in [0, 0.1) is 10.1 Å². The minimum atomic E-state index is -0.399. The lowest BCUT2D eigenvalue weighted by molar-refractivity contribution is -0.384. The van der Waals surface area contributed by atoms with Gasteiger partial charge in [0.05, 0.1) is 4.92 Å². The number of carbonyl (C=O) groups excluding carboxylic acids is 1. The molecule has 0 unspecified atom stereocenters. The van der Waals surface area contributed by atoms with Crippen molar-refractivity contribution in [3.05, 3.63) is 39.9 Å². The Kier molecular flexibility index (Phi) is 7.11. The molecule has 1 N–H and O–H groups in total. The fraction of sp³-hybridized carbons (Fsp3) is 0.500. The van der Waals surface area contributed by atoms with Crippen LogP contribution in [0.25, 0.3) is 0 Å². The number of hydrogen-bond donors (Lipinski definition) is 1. The molecule has 0 aliphatic carbocycles. The molecule has 1 aliphatic rings. The van der Waals surface area contributed by atoms with E-state index >= 15 is 0 Å². The molecule has 1 aromatic carbocycles. The van der Waals surface area contributed by atoms with Crippen molar-refractivity contribution < 1.29 is 9.72 Å². The largest absolute Gasteiger partial charge is 0.343 e. The van der Waals surface area contributed by atoms with Crippen molar-refractivity contribution in [3.8, 4) is 0 Å². The van der Waals surface area contributed by atoms with Gasteiger partial charge in [0, 0.05) is 38.2 Å². The van der Waals surface area contributed by atoms with Gasteiger partial charge < -0.3 is 10.2 Å². The predicted octanol–water partition coefficient (Wildman–Crippen LogP) is 2.12. The van der Waals surface area contributed by atoms with E-state index in [0.29, 0.717) is 13.0 Å². The Balaban J connectivity index is 0.00000220. The lowest BCUT2D eigenvalue weighted by Gasteiger charge is -2.15. The van der Waals surface area contributed by atoms with Crippen LogP contribution in [0.4, 0.5) is 5.69 Å². The average Bonchev–Trinajstić information content (AvgIpc) is 2.84. The van der Waals surface area contributed by atoms with Gasteiger partial charge in [-0.05, 0) is 24.9 Å². The Morgan fingerprint density at radius 1 is 1.29 bits per heavy atom. The van der Waals surface area contributed by atoms with Crippen molar-refractivity contribution in [2.24, 2.45) is 0 Å². The molecule has 0 atom stereocenters. The second-order valence-corrected chi connectivity index (χ2v) is 4.94. The molecule has 7 heteroatoms. The highest BCUT2D eigenvalue weighted by molar-refractivity contribution is 5.85. The summed E-state index contributed by atoms with van der Waals surface area (Å²) in [6.07, 6.45) is 2.60. The zero-order valence-electron chi connectivity index (χ0n) is 11.8. The number of hydrogen-bond acceptors (Lipinski definition) is 4. The van der Waals surface area contributed by atoms with Crippen molar-refractivity contribution in [2.75, 3.05) is 19.6 Å². The van der Waals surface area contributed by atoms with Gasteiger partial charge in [0.25, 0.3) is 5.69 Å². The Labute approximate surface area is 130 Å². The molecule has 6 nitrogen and oxygen atoms in total. The molecule has 1 aromatic rings. The Morgan fingerprint density at radius 2 is 2.00 bits per heavy atom. The summed E-state index contributed by atoms with van der Waals surface area (Å²) in [5.41, 5.74) is 1.13. The fourth-order valence-electron chi connectivity index (χ4n) is 2.30. The minimum absolute atomic E-state index is 0. The third-order valence-corrected chi connectivity index (χ3v) is 3.43. The predicted molar refractivity (Wildman–Crippen MR) is 82.5 cm³/mol. The van der Waals surface area contributed by atoms with Crippen LogP contribution in [0.5, 0.6) is 0 Å². The average molecular weight is 314 g/mol. The molecule has 1 saturated heterocycles. The van der Waals surface area contributed by atoms with E-state index in [4.69, 9.17) is 0 Å². The van der Waals surface area contributed by atoms with E-state index < -0.39 is 4.92 Å². The number of carbonyl (C=O) groups is 1. The zero-order chi connectivity index (χ0) is 14.4. The summed E-state index contributed by atoms with van der Waals surface area (Å²) in [7, 11) is 0. The van der Waals surface area contributed by atoms with E-state index in [0.717, 1.165) is 38.0 Å². The van der Waals surface area contributed by atoms with Gasteiger partial charge in [-0.25, -0.2) is 0 Å². The van der Waals surface area contributed by atoms with Crippen molar-refractivity contribution in [1.29, 1.82) is 0 Å². The van der Waals surface area contributed by atoms with Gasteiger partial charge in [-0.1, -0.05) is 12.1 Å². The summed E-state index contributed by atoms with van der Waals surface area (Å²) in [5.74, 6) is 0.264. The molecule has 116 valence electrons. The summed E-state index contributed by atoms with van der Waals surface area (Å²) in [5, 5.41) is 13.8. The zero-order valence-corrected chi connectivity index (χ0v) is 12.6. The number of amides is 1. The van der Waals surface area contributed by atoms with Gasteiger partial charge in [-0.3, -0.25) is 14.9 Å². The third kappa shape index (κ3) is 5.32. The molecule has 0 spiro atoms. The molecule has 0 aromatic heterocycles. The minimum Gasteiger partial charge on any atom is -0.343 e. The quantitative estimate of drug-likeness (QED) is 0.475. The van der Waals surface area contributed by atoms with Gasteiger partial charge in [0.15, 0.2) is 0 Å². The van der Waals surface area contributed by atoms with E-state index in [1.807, 2.05) is 4.90 Å². The van der Waals surface area contributed by atoms with Crippen LogP contribution in [0.1, 0.15) is 24.8 Å². The smallest absolute Gasteiger partial charge is 0.269 e. The first kappa shape index (κ1) is 17.4. The van der Waals surface area contributed by atoms with E-state index in [9.17, 15) is 14.9 Å². The molecule has 1 fully saturated rings.